The van der Waals surface area contributed by atoms with Crippen LogP contribution in [-0.2, 0) is 13.5 Å². The Morgan fingerprint density at radius 3 is 2.64 bits per heavy atom. The van der Waals surface area contributed by atoms with Crippen LogP contribution in [0.1, 0.15) is 26.0 Å². The van der Waals surface area contributed by atoms with Crippen molar-refractivity contribution < 1.29 is 0 Å². The van der Waals surface area contributed by atoms with Crippen LogP contribution in [0, 0.1) is 5.92 Å². The van der Waals surface area contributed by atoms with Crippen molar-refractivity contribution in [1.82, 2.24) is 15.1 Å². The van der Waals surface area contributed by atoms with Gasteiger partial charge in [0.15, 0.2) is 0 Å². The summed E-state index contributed by atoms with van der Waals surface area (Å²) in [6, 6.07) is 2.69. The van der Waals surface area contributed by atoms with E-state index in [-0.39, 0.29) is 0 Å². The Balaban J connectivity index is 2.43. The average molecular weight is 195 g/mol. The molecule has 0 aromatic carbocycles. The van der Waals surface area contributed by atoms with E-state index < -0.39 is 0 Å². The summed E-state index contributed by atoms with van der Waals surface area (Å²) in [5.41, 5.74) is 1.31. The lowest BCUT2D eigenvalue weighted by Gasteiger charge is -2.19. The third kappa shape index (κ3) is 2.84. The van der Waals surface area contributed by atoms with Gasteiger partial charge in [-0.1, -0.05) is 13.8 Å². The van der Waals surface area contributed by atoms with Crippen LogP contribution in [0.25, 0.3) is 0 Å². The number of nitrogens with one attached hydrogen (secondary N) is 1. The summed E-state index contributed by atoms with van der Waals surface area (Å²) in [6.07, 6.45) is 4.13. The normalized spacial score (nSPS) is 13.5. The van der Waals surface area contributed by atoms with Crippen LogP contribution in [0.15, 0.2) is 12.3 Å². The molecule has 0 aliphatic rings. The highest BCUT2D eigenvalue weighted by Crippen LogP contribution is 2.09. The van der Waals surface area contributed by atoms with Crippen LogP contribution in [0.5, 0.6) is 0 Å². The lowest BCUT2D eigenvalue weighted by molar-refractivity contribution is 0.399. The highest BCUT2D eigenvalue weighted by molar-refractivity contribution is 5.00. The van der Waals surface area contributed by atoms with Gasteiger partial charge < -0.3 is 5.32 Å². The van der Waals surface area contributed by atoms with Crippen molar-refractivity contribution in [2.24, 2.45) is 13.0 Å². The number of nitrogens with zero attached hydrogens (tertiary/aromatic N) is 2. The molecular weight excluding hydrogens is 174 g/mol. The molecule has 1 rings (SSSR count). The second kappa shape index (κ2) is 5.15. The van der Waals surface area contributed by atoms with E-state index in [2.05, 4.69) is 30.3 Å². The zero-order chi connectivity index (χ0) is 10.6. The first-order chi connectivity index (χ1) is 6.65. The lowest BCUT2D eigenvalue weighted by atomic mass is 9.99. The zero-order valence-electron chi connectivity index (χ0n) is 9.62. The van der Waals surface area contributed by atoms with Crippen molar-refractivity contribution in [3.63, 3.8) is 0 Å². The maximum Gasteiger partial charge on any atom is 0.0492 e. The number of aryl methyl sites for hydroxylation is 2. The minimum atomic E-state index is 0.602. The summed E-state index contributed by atoms with van der Waals surface area (Å²) < 4.78 is 1.95. The van der Waals surface area contributed by atoms with Gasteiger partial charge in [-0.25, -0.2) is 0 Å². The molecule has 1 unspecified atom stereocenters. The minimum Gasteiger partial charge on any atom is -0.317 e. The summed E-state index contributed by atoms with van der Waals surface area (Å²) in [5, 5.41) is 7.52. The second-order valence-corrected chi connectivity index (χ2v) is 4.12. The van der Waals surface area contributed by atoms with Gasteiger partial charge in [-0.2, -0.15) is 5.10 Å². The fourth-order valence-corrected chi connectivity index (χ4v) is 1.76. The topological polar surface area (TPSA) is 29.9 Å². The van der Waals surface area contributed by atoms with Gasteiger partial charge in [-0.15, -0.1) is 0 Å². The highest BCUT2D eigenvalue weighted by atomic mass is 15.2. The molecule has 1 aromatic heterocycles. The van der Waals surface area contributed by atoms with E-state index >= 15 is 0 Å². The first kappa shape index (κ1) is 11.2. The van der Waals surface area contributed by atoms with Crippen LogP contribution < -0.4 is 5.32 Å². The molecule has 0 radical (unpaired) electrons. The fraction of sp³-hybridized carbons (Fsp3) is 0.727. The molecule has 3 nitrogen and oxygen atoms in total. The van der Waals surface area contributed by atoms with E-state index in [0.717, 1.165) is 6.42 Å². The van der Waals surface area contributed by atoms with E-state index in [1.165, 1.54) is 12.1 Å². The van der Waals surface area contributed by atoms with Gasteiger partial charge in [-0.05, 0) is 31.9 Å². The highest BCUT2D eigenvalue weighted by Gasteiger charge is 2.11. The molecule has 0 amide bonds. The van der Waals surface area contributed by atoms with Crippen LogP contribution in [0.4, 0.5) is 0 Å². The van der Waals surface area contributed by atoms with Gasteiger partial charge in [0, 0.05) is 25.0 Å². The molecule has 0 aliphatic heterocycles. The Bertz CT molecular complexity index is 265. The Morgan fingerprint density at radius 1 is 1.50 bits per heavy atom. The van der Waals surface area contributed by atoms with Crippen molar-refractivity contribution >= 4 is 0 Å². The van der Waals surface area contributed by atoms with Gasteiger partial charge in [0.05, 0.1) is 0 Å². The third-order valence-corrected chi connectivity index (χ3v) is 2.81. The van der Waals surface area contributed by atoms with Crippen LogP contribution >= 0.6 is 0 Å². The Morgan fingerprint density at radius 2 is 2.21 bits per heavy atom. The van der Waals surface area contributed by atoms with Gasteiger partial charge in [-0.3, -0.25) is 4.68 Å². The number of hydrogen-bond acceptors (Lipinski definition) is 2. The molecule has 0 bridgehead atoms. The van der Waals surface area contributed by atoms with E-state index in [9.17, 15) is 0 Å². The van der Waals surface area contributed by atoms with Crippen LogP contribution in [0.3, 0.4) is 0 Å². The Hall–Kier alpha value is -0.830. The zero-order valence-corrected chi connectivity index (χ0v) is 9.62. The molecule has 14 heavy (non-hydrogen) atoms. The summed E-state index contributed by atoms with van der Waals surface area (Å²) in [7, 11) is 4.03. The first-order valence-corrected chi connectivity index (χ1v) is 5.29. The minimum absolute atomic E-state index is 0.602. The number of rotatable bonds is 5. The molecule has 0 saturated carbocycles. The van der Waals surface area contributed by atoms with Crippen molar-refractivity contribution in [2.45, 2.75) is 32.7 Å². The number of hydrogen-bond donors (Lipinski definition) is 1. The second-order valence-electron chi connectivity index (χ2n) is 4.12. The van der Waals surface area contributed by atoms with Crippen molar-refractivity contribution in [3.8, 4) is 0 Å². The van der Waals surface area contributed by atoms with E-state index in [0.29, 0.717) is 12.0 Å². The van der Waals surface area contributed by atoms with E-state index in [1.54, 1.807) is 0 Å². The van der Waals surface area contributed by atoms with Crippen molar-refractivity contribution in [1.29, 1.82) is 0 Å². The number of aromatic nitrogens is 2. The lowest BCUT2D eigenvalue weighted by Crippen LogP contribution is -2.31. The molecule has 0 spiro atoms. The molecule has 1 N–H and O–H groups in total. The molecule has 0 aliphatic carbocycles. The smallest absolute Gasteiger partial charge is 0.0492 e. The standard InChI is InChI=1S/C11H21N3/c1-9(2)11(12-3)6-5-10-7-8-13-14(10)4/h7-9,11-12H,5-6H2,1-4H3. The van der Waals surface area contributed by atoms with Gasteiger partial charge in [0.2, 0.25) is 0 Å². The molecule has 1 atom stereocenters. The van der Waals surface area contributed by atoms with Crippen molar-refractivity contribution in [3.05, 3.63) is 18.0 Å². The van der Waals surface area contributed by atoms with E-state index in [1.807, 2.05) is 25.0 Å². The van der Waals surface area contributed by atoms with Gasteiger partial charge in [0.25, 0.3) is 0 Å². The van der Waals surface area contributed by atoms with Crippen LogP contribution in [-0.4, -0.2) is 22.9 Å². The molecule has 1 aromatic rings. The fourth-order valence-electron chi connectivity index (χ4n) is 1.76. The van der Waals surface area contributed by atoms with Crippen molar-refractivity contribution in [2.75, 3.05) is 7.05 Å². The largest absolute Gasteiger partial charge is 0.317 e. The molecule has 3 heteroatoms. The molecule has 0 fully saturated rings. The Kier molecular flexibility index (Phi) is 4.14. The SMILES string of the molecule is CNC(CCc1ccnn1C)C(C)C. The third-order valence-electron chi connectivity index (χ3n) is 2.81. The van der Waals surface area contributed by atoms with E-state index in [4.69, 9.17) is 0 Å². The molecule has 80 valence electrons. The summed E-state index contributed by atoms with van der Waals surface area (Å²) in [6.45, 7) is 4.51. The monoisotopic (exact) mass is 195 g/mol. The Labute approximate surface area is 86.5 Å². The molecule has 1 heterocycles. The summed E-state index contributed by atoms with van der Waals surface area (Å²) in [4.78, 5) is 0. The maximum atomic E-state index is 4.16. The van der Waals surface area contributed by atoms with Gasteiger partial charge in [0.1, 0.15) is 0 Å². The predicted molar refractivity (Wildman–Crippen MR) is 59.2 cm³/mol. The van der Waals surface area contributed by atoms with Crippen LogP contribution in [0.2, 0.25) is 0 Å². The molecule has 0 saturated heterocycles. The summed E-state index contributed by atoms with van der Waals surface area (Å²) in [5.74, 6) is 0.688. The molecular formula is C11H21N3. The average Bonchev–Trinajstić information content (AvgIpc) is 2.52. The quantitative estimate of drug-likeness (QED) is 0.773. The first-order valence-electron chi connectivity index (χ1n) is 5.29. The predicted octanol–water partition coefficient (Wildman–Crippen LogP) is 1.60. The van der Waals surface area contributed by atoms with Gasteiger partial charge >= 0.3 is 0 Å². The summed E-state index contributed by atoms with van der Waals surface area (Å²) >= 11 is 0. The maximum absolute atomic E-state index is 4.16.